The van der Waals surface area contributed by atoms with Gasteiger partial charge in [0.2, 0.25) is 0 Å². The van der Waals surface area contributed by atoms with E-state index in [1.54, 1.807) is 24.6 Å². The molecule has 2 aromatic heterocycles. The Kier molecular flexibility index (Phi) is 4.00. The number of methoxy groups -OCH3 is 1. The molecule has 0 bridgehead atoms. The molecule has 0 saturated carbocycles. The van der Waals surface area contributed by atoms with Crippen LogP contribution in [0.3, 0.4) is 0 Å². The number of halogens is 1. The molecule has 0 atom stereocenters. The molecule has 0 unspecified atom stereocenters. The van der Waals surface area contributed by atoms with Crippen LogP contribution in [0, 0.1) is 0 Å². The summed E-state index contributed by atoms with van der Waals surface area (Å²) in [7, 11) is 1.68. The number of ether oxygens (including phenoxy) is 1. The SMILES string of the molecule is COCCn1cc(Nc2nc3cc(Br)ccc3s2)cn1. The Balaban J connectivity index is 1.76. The zero-order chi connectivity index (χ0) is 13.9. The lowest BCUT2D eigenvalue weighted by Gasteiger charge is -1.99. The van der Waals surface area contributed by atoms with Crippen molar-refractivity contribution in [2.24, 2.45) is 0 Å². The molecule has 3 rings (SSSR count). The molecule has 0 aliphatic heterocycles. The van der Waals surface area contributed by atoms with Crippen LogP contribution in [-0.4, -0.2) is 28.5 Å². The average molecular weight is 353 g/mol. The van der Waals surface area contributed by atoms with Crippen molar-refractivity contribution in [3.63, 3.8) is 0 Å². The van der Waals surface area contributed by atoms with E-state index in [0.717, 1.165) is 32.1 Å². The van der Waals surface area contributed by atoms with Crippen LogP contribution in [0.4, 0.5) is 10.8 Å². The fourth-order valence-electron chi connectivity index (χ4n) is 1.81. The minimum atomic E-state index is 0.649. The van der Waals surface area contributed by atoms with Crippen molar-refractivity contribution < 1.29 is 4.74 Å². The van der Waals surface area contributed by atoms with E-state index in [2.05, 4.69) is 37.4 Å². The Hall–Kier alpha value is -1.44. The number of thiazole rings is 1. The summed E-state index contributed by atoms with van der Waals surface area (Å²) in [6.45, 7) is 1.39. The van der Waals surface area contributed by atoms with Crippen molar-refractivity contribution in [3.8, 4) is 0 Å². The smallest absolute Gasteiger partial charge is 0.188 e. The van der Waals surface area contributed by atoms with Gasteiger partial charge in [-0.3, -0.25) is 4.68 Å². The highest BCUT2D eigenvalue weighted by Crippen LogP contribution is 2.29. The number of nitrogens with one attached hydrogen (secondary N) is 1. The first-order chi connectivity index (χ1) is 9.74. The molecule has 20 heavy (non-hydrogen) atoms. The highest BCUT2D eigenvalue weighted by Gasteiger charge is 2.06. The number of hydrogen-bond acceptors (Lipinski definition) is 5. The second-order valence-electron chi connectivity index (χ2n) is 4.24. The van der Waals surface area contributed by atoms with Crippen LogP contribution < -0.4 is 5.32 Å². The van der Waals surface area contributed by atoms with Gasteiger partial charge in [-0.05, 0) is 18.2 Å². The van der Waals surface area contributed by atoms with Crippen molar-refractivity contribution in [1.29, 1.82) is 0 Å². The van der Waals surface area contributed by atoms with Crippen LogP contribution >= 0.6 is 27.3 Å². The predicted octanol–water partition coefficient (Wildman–Crippen LogP) is 3.65. The second kappa shape index (κ2) is 5.90. The Labute approximate surface area is 128 Å². The maximum Gasteiger partial charge on any atom is 0.188 e. The van der Waals surface area contributed by atoms with Gasteiger partial charge in [0.05, 0.1) is 35.3 Å². The average Bonchev–Trinajstić information content (AvgIpc) is 3.02. The molecular formula is C13H13BrN4OS. The van der Waals surface area contributed by atoms with E-state index in [1.165, 1.54) is 0 Å². The fraction of sp³-hybridized carbons (Fsp3) is 0.231. The highest BCUT2D eigenvalue weighted by molar-refractivity contribution is 9.10. The highest BCUT2D eigenvalue weighted by atomic mass is 79.9. The summed E-state index contributed by atoms with van der Waals surface area (Å²) < 4.78 is 9.06. The van der Waals surface area contributed by atoms with E-state index in [-0.39, 0.29) is 0 Å². The Morgan fingerprint density at radius 1 is 1.45 bits per heavy atom. The third kappa shape index (κ3) is 3.00. The largest absolute Gasteiger partial charge is 0.383 e. The second-order valence-corrected chi connectivity index (χ2v) is 6.19. The van der Waals surface area contributed by atoms with Crippen LogP contribution in [0.1, 0.15) is 0 Å². The molecule has 5 nitrogen and oxygen atoms in total. The van der Waals surface area contributed by atoms with E-state index < -0.39 is 0 Å². The summed E-state index contributed by atoms with van der Waals surface area (Å²) in [5, 5.41) is 8.40. The quantitative estimate of drug-likeness (QED) is 0.761. The van der Waals surface area contributed by atoms with Gasteiger partial charge in [-0.15, -0.1) is 0 Å². The zero-order valence-corrected chi connectivity index (χ0v) is 13.2. The lowest BCUT2D eigenvalue weighted by atomic mass is 10.3. The summed E-state index contributed by atoms with van der Waals surface area (Å²) in [5.74, 6) is 0. The van der Waals surface area contributed by atoms with Crippen molar-refractivity contribution in [2.75, 3.05) is 19.0 Å². The molecule has 1 aromatic carbocycles. The normalized spacial score (nSPS) is 11.1. The number of rotatable bonds is 5. The summed E-state index contributed by atoms with van der Waals surface area (Å²) >= 11 is 5.08. The number of hydrogen-bond donors (Lipinski definition) is 1. The number of benzene rings is 1. The molecule has 0 aliphatic carbocycles. The van der Waals surface area contributed by atoms with Gasteiger partial charge in [-0.25, -0.2) is 4.98 Å². The molecule has 0 fully saturated rings. The number of fused-ring (bicyclic) bond motifs is 1. The molecule has 1 N–H and O–H groups in total. The van der Waals surface area contributed by atoms with Crippen molar-refractivity contribution in [1.82, 2.24) is 14.8 Å². The predicted molar refractivity (Wildman–Crippen MR) is 84.7 cm³/mol. The van der Waals surface area contributed by atoms with Gasteiger partial charge in [0.1, 0.15) is 0 Å². The van der Waals surface area contributed by atoms with Crippen LogP contribution in [0.15, 0.2) is 35.1 Å². The number of nitrogens with zero attached hydrogens (tertiary/aromatic N) is 3. The van der Waals surface area contributed by atoms with Gasteiger partial charge in [0.15, 0.2) is 5.13 Å². The van der Waals surface area contributed by atoms with Gasteiger partial charge < -0.3 is 10.1 Å². The summed E-state index contributed by atoms with van der Waals surface area (Å²) in [6, 6.07) is 6.09. The Morgan fingerprint density at radius 3 is 3.20 bits per heavy atom. The first-order valence-electron chi connectivity index (χ1n) is 6.09. The molecule has 3 aromatic rings. The molecule has 7 heteroatoms. The van der Waals surface area contributed by atoms with E-state index >= 15 is 0 Å². The van der Waals surface area contributed by atoms with Crippen molar-refractivity contribution >= 4 is 48.3 Å². The Bertz CT molecular complexity index is 724. The summed E-state index contributed by atoms with van der Waals surface area (Å²) in [6.07, 6.45) is 3.73. The molecule has 104 valence electrons. The van der Waals surface area contributed by atoms with E-state index in [4.69, 9.17) is 4.74 Å². The first kappa shape index (κ1) is 13.5. The summed E-state index contributed by atoms with van der Waals surface area (Å²) in [5.41, 5.74) is 1.91. The lowest BCUT2D eigenvalue weighted by molar-refractivity contribution is 0.183. The van der Waals surface area contributed by atoms with Crippen molar-refractivity contribution in [3.05, 3.63) is 35.1 Å². The maximum absolute atomic E-state index is 5.03. The maximum atomic E-state index is 5.03. The van der Waals surface area contributed by atoms with E-state index in [9.17, 15) is 0 Å². The first-order valence-corrected chi connectivity index (χ1v) is 7.70. The minimum absolute atomic E-state index is 0.649. The van der Waals surface area contributed by atoms with E-state index in [1.807, 2.05) is 23.0 Å². The molecule has 0 aliphatic rings. The topological polar surface area (TPSA) is 52.0 Å². The van der Waals surface area contributed by atoms with Gasteiger partial charge in [-0.2, -0.15) is 5.10 Å². The third-order valence-corrected chi connectivity index (χ3v) is 4.20. The van der Waals surface area contributed by atoms with Crippen LogP contribution in [0.5, 0.6) is 0 Å². The van der Waals surface area contributed by atoms with Gasteiger partial charge in [-0.1, -0.05) is 27.3 Å². The third-order valence-electron chi connectivity index (χ3n) is 2.76. The van der Waals surface area contributed by atoms with Gasteiger partial charge in [0.25, 0.3) is 0 Å². The van der Waals surface area contributed by atoms with Crippen LogP contribution in [0.2, 0.25) is 0 Å². The molecule has 2 heterocycles. The monoisotopic (exact) mass is 352 g/mol. The number of anilines is 2. The van der Waals surface area contributed by atoms with Gasteiger partial charge >= 0.3 is 0 Å². The molecule has 0 amide bonds. The lowest BCUT2D eigenvalue weighted by Crippen LogP contribution is -2.03. The fourth-order valence-corrected chi connectivity index (χ4v) is 3.03. The molecule has 0 radical (unpaired) electrons. The van der Waals surface area contributed by atoms with E-state index in [0.29, 0.717) is 6.61 Å². The number of aromatic nitrogens is 3. The standard InChI is InChI=1S/C13H13BrN4OS/c1-19-5-4-18-8-10(7-15-18)16-13-17-11-6-9(14)2-3-12(11)20-13/h2-3,6-8H,4-5H2,1H3,(H,16,17). The van der Waals surface area contributed by atoms with Crippen molar-refractivity contribution in [2.45, 2.75) is 6.54 Å². The summed E-state index contributed by atoms with van der Waals surface area (Å²) in [4.78, 5) is 4.56. The van der Waals surface area contributed by atoms with Crippen LogP contribution in [-0.2, 0) is 11.3 Å². The zero-order valence-electron chi connectivity index (χ0n) is 10.8. The molecule has 0 saturated heterocycles. The minimum Gasteiger partial charge on any atom is -0.383 e. The van der Waals surface area contributed by atoms with Gasteiger partial charge in [0, 0.05) is 17.8 Å². The van der Waals surface area contributed by atoms with Crippen LogP contribution in [0.25, 0.3) is 10.2 Å². The molecular weight excluding hydrogens is 340 g/mol. The molecule has 0 spiro atoms. The Morgan fingerprint density at radius 2 is 2.35 bits per heavy atom.